The van der Waals surface area contributed by atoms with Crippen LogP contribution in [-0.4, -0.2) is 15.9 Å². The Kier molecular flexibility index (Phi) is 5.09. The lowest BCUT2D eigenvalue weighted by Crippen LogP contribution is -2.11. The van der Waals surface area contributed by atoms with Crippen molar-refractivity contribution in [2.45, 2.75) is 27.2 Å². The van der Waals surface area contributed by atoms with Crippen molar-refractivity contribution in [1.82, 2.24) is 9.97 Å². The summed E-state index contributed by atoms with van der Waals surface area (Å²) >= 11 is 1.32. The van der Waals surface area contributed by atoms with Gasteiger partial charge in [0.1, 0.15) is 10.7 Å². The van der Waals surface area contributed by atoms with Crippen LogP contribution in [0.2, 0.25) is 0 Å². The molecule has 0 saturated carbocycles. The van der Waals surface area contributed by atoms with Gasteiger partial charge in [0.05, 0.1) is 5.69 Å². The Bertz CT molecular complexity index is 904. The van der Waals surface area contributed by atoms with Gasteiger partial charge in [0.2, 0.25) is 0 Å². The summed E-state index contributed by atoms with van der Waals surface area (Å²) in [6, 6.07) is 11.7. The molecule has 0 unspecified atom stereocenters. The van der Waals surface area contributed by atoms with E-state index >= 15 is 0 Å². The Hall–Kier alpha value is -2.73. The van der Waals surface area contributed by atoms with Crippen LogP contribution in [0.5, 0.6) is 0 Å². The van der Waals surface area contributed by atoms with Gasteiger partial charge in [0, 0.05) is 11.9 Å². The van der Waals surface area contributed by atoms with E-state index in [1.807, 2.05) is 50.2 Å². The average Bonchev–Trinajstić information content (AvgIpc) is 2.95. The number of nitrogens with zero attached hydrogens (tertiary/aromatic N) is 2. The van der Waals surface area contributed by atoms with Crippen LogP contribution in [0, 0.1) is 13.8 Å². The highest BCUT2D eigenvalue weighted by Gasteiger charge is 2.16. The van der Waals surface area contributed by atoms with Crippen LogP contribution >= 0.6 is 11.3 Å². The van der Waals surface area contributed by atoms with Gasteiger partial charge < -0.3 is 10.6 Å². The van der Waals surface area contributed by atoms with Gasteiger partial charge in [-0.2, -0.15) is 0 Å². The zero-order valence-electron chi connectivity index (χ0n) is 14.5. The molecule has 0 radical (unpaired) electrons. The number of thiazole rings is 1. The van der Waals surface area contributed by atoms with E-state index < -0.39 is 0 Å². The molecule has 0 saturated heterocycles. The molecule has 0 spiro atoms. The van der Waals surface area contributed by atoms with Gasteiger partial charge in [-0.25, -0.2) is 9.97 Å². The molecule has 2 aromatic heterocycles. The molecule has 0 fully saturated rings. The molecule has 2 N–H and O–H groups in total. The molecule has 3 rings (SSSR count). The van der Waals surface area contributed by atoms with E-state index in [4.69, 9.17) is 0 Å². The normalized spacial score (nSPS) is 10.5. The van der Waals surface area contributed by atoms with Crippen LogP contribution in [0.1, 0.15) is 33.4 Å². The summed E-state index contributed by atoms with van der Waals surface area (Å²) in [6.45, 7) is 5.93. The van der Waals surface area contributed by atoms with Crippen LogP contribution in [0.15, 0.2) is 42.6 Å². The molecule has 5 nitrogen and oxygen atoms in total. The minimum absolute atomic E-state index is 0.145. The molecular formula is C19H20N4OS. The first-order chi connectivity index (χ1) is 12.0. The zero-order valence-corrected chi connectivity index (χ0v) is 15.3. The predicted octanol–water partition coefficient (Wildman–Crippen LogP) is 4.71. The summed E-state index contributed by atoms with van der Waals surface area (Å²) in [4.78, 5) is 21.9. The molecular weight excluding hydrogens is 332 g/mol. The number of aromatic nitrogens is 2. The molecule has 0 atom stereocenters. The van der Waals surface area contributed by atoms with Gasteiger partial charge >= 0.3 is 0 Å². The van der Waals surface area contributed by atoms with Gasteiger partial charge in [-0.15, -0.1) is 0 Å². The van der Waals surface area contributed by atoms with Gasteiger partial charge in [0.25, 0.3) is 5.91 Å². The van der Waals surface area contributed by atoms with Crippen molar-refractivity contribution in [2.24, 2.45) is 0 Å². The maximum absolute atomic E-state index is 12.6. The third-order valence-corrected chi connectivity index (χ3v) is 4.82. The van der Waals surface area contributed by atoms with Crippen LogP contribution in [0.3, 0.4) is 0 Å². The lowest BCUT2D eigenvalue weighted by molar-refractivity contribution is 0.103. The van der Waals surface area contributed by atoms with Crippen LogP contribution < -0.4 is 10.6 Å². The van der Waals surface area contributed by atoms with Gasteiger partial charge in [-0.1, -0.05) is 30.4 Å². The summed E-state index contributed by atoms with van der Waals surface area (Å²) in [7, 11) is 0. The van der Waals surface area contributed by atoms with E-state index in [0.29, 0.717) is 15.7 Å². The van der Waals surface area contributed by atoms with E-state index in [2.05, 4.69) is 27.5 Å². The highest BCUT2D eigenvalue weighted by Crippen LogP contribution is 2.26. The first kappa shape index (κ1) is 17.1. The number of anilines is 3. The molecule has 25 heavy (non-hydrogen) atoms. The van der Waals surface area contributed by atoms with Crippen molar-refractivity contribution in [2.75, 3.05) is 10.6 Å². The summed E-state index contributed by atoms with van der Waals surface area (Å²) < 4.78 is 0. The third-order valence-electron chi connectivity index (χ3n) is 3.75. The van der Waals surface area contributed by atoms with Crippen molar-refractivity contribution >= 4 is 33.9 Å². The second-order valence-corrected chi connectivity index (χ2v) is 6.78. The third kappa shape index (κ3) is 4.22. The minimum Gasteiger partial charge on any atom is -0.321 e. The Morgan fingerprint density at radius 2 is 2.04 bits per heavy atom. The van der Waals surface area contributed by atoms with E-state index in [1.165, 1.54) is 16.9 Å². The van der Waals surface area contributed by atoms with Gasteiger partial charge in [-0.05, 0) is 55.7 Å². The molecule has 1 amide bonds. The predicted molar refractivity (Wildman–Crippen MR) is 103 cm³/mol. The Balaban J connectivity index is 1.76. The number of aryl methyl sites for hydroxylation is 3. The maximum atomic E-state index is 12.6. The molecule has 6 heteroatoms. The Labute approximate surface area is 151 Å². The van der Waals surface area contributed by atoms with Crippen molar-refractivity contribution < 1.29 is 4.79 Å². The Morgan fingerprint density at radius 1 is 1.20 bits per heavy atom. The van der Waals surface area contributed by atoms with Gasteiger partial charge in [0.15, 0.2) is 5.13 Å². The van der Waals surface area contributed by atoms with E-state index in [-0.39, 0.29) is 5.91 Å². The first-order valence-electron chi connectivity index (χ1n) is 8.12. The average molecular weight is 352 g/mol. The quantitative estimate of drug-likeness (QED) is 0.698. The molecule has 128 valence electrons. The van der Waals surface area contributed by atoms with Crippen molar-refractivity contribution in [3.05, 3.63) is 64.3 Å². The fraction of sp³-hybridized carbons (Fsp3) is 0.211. The molecule has 0 aliphatic rings. The number of carbonyl (C=O) groups is 1. The second-order valence-electron chi connectivity index (χ2n) is 5.79. The van der Waals surface area contributed by atoms with E-state index in [9.17, 15) is 4.79 Å². The standard InChI is InChI=1S/C19H20N4OS/c1-4-14-6-5-7-15(11-14)22-18(24)17-13(3)21-19(25-17)23-16-10-12(2)8-9-20-16/h5-11H,4H2,1-3H3,(H,22,24)(H,20,21,23). The fourth-order valence-electron chi connectivity index (χ4n) is 2.43. The number of nitrogens with one attached hydrogen (secondary N) is 2. The number of hydrogen-bond donors (Lipinski definition) is 2. The maximum Gasteiger partial charge on any atom is 0.267 e. The SMILES string of the molecule is CCc1cccc(NC(=O)c2sc(Nc3cc(C)ccn3)nc2C)c1. The first-order valence-corrected chi connectivity index (χ1v) is 8.94. The smallest absolute Gasteiger partial charge is 0.267 e. The fourth-order valence-corrected chi connectivity index (χ4v) is 3.30. The Morgan fingerprint density at radius 3 is 2.80 bits per heavy atom. The monoisotopic (exact) mass is 352 g/mol. The number of pyridine rings is 1. The number of hydrogen-bond acceptors (Lipinski definition) is 5. The van der Waals surface area contributed by atoms with Crippen molar-refractivity contribution in [1.29, 1.82) is 0 Å². The van der Waals surface area contributed by atoms with E-state index in [1.54, 1.807) is 6.20 Å². The lowest BCUT2D eigenvalue weighted by atomic mass is 10.1. The van der Waals surface area contributed by atoms with Crippen LogP contribution in [0.4, 0.5) is 16.6 Å². The molecule has 3 aromatic rings. The van der Waals surface area contributed by atoms with Gasteiger partial charge in [-0.3, -0.25) is 4.79 Å². The largest absolute Gasteiger partial charge is 0.321 e. The zero-order chi connectivity index (χ0) is 17.8. The number of amides is 1. The number of rotatable bonds is 5. The molecule has 0 aliphatic heterocycles. The van der Waals surface area contributed by atoms with Crippen molar-refractivity contribution in [3.63, 3.8) is 0 Å². The van der Waals surface area contributed by atoms with Crippen LogP contribution in [-0.2, 0) is 6.42 Å². The lowest BCUT2D eigenvalue weighted by Gasteiger charge is -2.05. The summed E-state index contributed by atoms with van der Waals surface area (Å²) in [5.41, 5.74) is 3.79. The number of benzene rings is 1. The molecule has 2 heterocycles. The highest BCUT2D eigenvalue weighted by atomic mass is 32.1. The van der Waals surface area contributed by atoms with Crippen LogP contribution in [0.25, 0.3) is 0 Å². The summed E-state index contributed by atoms with van der Waals surface area (Å²) in [6.07, 6.45) is 2.67. The summed E-state index contributed by atoms with van der Waals surface area (Å²) in [5, 5.41) is 6.76. The molecule has 0 aliphatic carbocycles. The second kappa shape index (κ2) is 7.44. The topological polar surface area (TPSA) is 66.9 Å². The molecule has 0 bridgehead atoms. The molecule has 1 aromatic carbocycles. The van der Waals surface area contributed by atoms with Crippen molar-refractivity contribution in [3.8, 4) is 0 Å². The number of carbonyl (C=O) groups excluding carboxylic acids is 1. The highest BCUT2D eigenvalue weighted by molar-refractivity contribution is 7.17. The van der Waals surface area contributed by atoms with E-state index in [0.717, 1.165) is 23.5 Å². The summed E-state index contributed by atoms with van der Waals surface area (Å²) in [5.74, 6) is 0.574. The minimum atomic E-state index is -0.145.